The van der Waals surface area contributed by atoms with E-state index >= 15 is 0 Å². The molecule has 1 unspecified atom stereocenters. The van der Waals surface area contributed by atoms with Gasteiger partial charge in [-0.1, -0.05) is 26.0 Å². The van der Waals surface area contributed by atoms with Crippen LogP contribution in [-0.2, 0) is 0 Å². The van der Waals surface area contributed by atoms with E-state index in [4.69, 9.17) is 4.74 Å². The van der Waals surface area contributed by atoms with Crippen molar-refractivity contribution in [2.75, 3.05) is 32.0 Å². The molecule has 0 fully saturated rings. The van der Waals surface area contributed by atoms with E-state index in [2.05, 4.69) is 37.2 Å². The van der Waals surface area contributed by atoms with Crippen LogP contribution in [-0.4, -0.2) is 37.7 Å². The summed E-state index contributed by atoms with van der Waals surface area (Å²) in [5.41, 5.74) is 1.11. The van der Waals surface area contributed by atoms with Crippen molar-refractivity contribution in [2.24, 2.45) is 5.92 Å². The van der Waals surface area contributed by atoms with Crippen LogP contribution in [0, 0.1) is 5.92 Å². The predicted octanol–water partition coefficient (Wildman–Crippen LogP) is 2.45. The van der Waals surface area contributed by atoms with E-state index < -0.39 is 0 Å². The molecular weight excluding hydrogens is 212 g/mol. The Bertz CT molecular complexity index is 365. The number of fused-ring (bicyclic) bond motifs is 1. The number of rotatable bonds is 4. The van der Waals surface area contributed by atoms with Crippen molar-refractivity contribution in [2.45, 2.75) is 20.0 Å². The van der Waals surface area contributed by atoms with Crippen molar-refractivity contribution in [3.05, 3.63) is 24.3 Å². The van der Waals surface area contributed by atoms with E-state index in [1.54, 1.807) is 0 Å². The molecule has 0 aliphatic carbocycles. The van der Waals surface area contributed by atoms with Crippen molar-refractivity contribution in [1.82, 2.24) is 4.90 Å². The molecule has 0 bridgehead atoms. The summed E-state index contributed by atoms with van der Waals surface area (Å²) in [6.45, 7) is 7.46. The molecule has 1 N–H and O–H groups in total. The van der Waals surface area contributed by atoms with Crippen LogP contribution >= 0.6 is 0 Å². The fraction of sp³-hybridized carbons (Fsp3) is 0.571. The van der Waals surface area contributed by atoms with Crippen molar-refractivity contribution in [1.29, 1.82) is 0 Å². The highest BCUT2D eigenvalue weighted by Gasteiger charge is 2.20. The van der Waals surface area contributed by atoms with Gasteiger partial charge in [0, 0.05) is 13.1 Å². The Morgan fingerprint density at radius 1 is 1.41 bits per heavy atom. The Kier molecular flexibility index (Phi) is 3.89. The van der Waals surface area contributed by atoms with E-state index in [0.29, 0.717) is 5.92 Å². The summed E-state index contributed by atoms with van der Waals surface area (Å²) in [6, 6.07) is 8.13. The highest BCUT2D eigenvalue weighted by atomic mass is 16.5. The van der Waals surface area contributed by atoms with Crippen LogP contribution in [0.4, 0.5) is 5.69 Å². The van der Waals surface area contributed by atoms with E-state index in [9.17, 15) is 0 Å². The van der Waals surface area contributed by atoms with Gasteiger partial charge < -0.3 is 15.0 Å². The van der Waals surface area contributed by atoms with Gasteiger partial charge in [0.05, 0.1) is 12.2 Å². The first-order chi connectivity index (χ1) is 8.15. The maximum absolute atomic E-state index is 5.98. The third-order valence-corrected chi connectivity index (χ3v) is 2.89. The monoisotopic (exact) mass is 234 g/mol. The molecule has 0 saturated heterocycles. The van der Waals surface area contributed by atoms with Crippen molar-refractivity contribution >= 4 is 5.69 Å². The minimum Gasteiger partial charge on any atom is -0.485 e. The lowest BCUT2D eigenvalue weighted by atomic mass is 10.2. The quantitative estimate of drug-likeness (QED) is 0.866. The van der Waals surface area contributed by atoms with Gasteiger partial charge in [-0.2, -0.15) is 0 Å². The third kappa shape index (κ3) is 3.37. The number of nitrogens with zero attached hydrogens (tertiary/aromatic N) is 1. The Balaban J connectivity index is 1.90. The zero-order valence-electron chi connectivity index (χ0n) is 10.9. The molecule has 1 heterocycles. The highest BCUT2D eigenvalue weighted by Crippen LogP contribution is 2.28. The molecule has 1 aromatic carbocycles. The average molecular weight is 234 g/mol. The molecule has 1 aliphatic rings. The second kappa shape index (κ2) is 5.41. The van der Waals surface area contributed by atoms with Gasteiger partial charge >= 0.3 is 0 Å². The molecular formula is C14H22N2O. The first-order valence-corrected chi connectivity index (χ1v) is 6.33. The van der Waals surface area contributed by atoms with E-state index in [1.165, 1.54) is 0 Å². The number of nitrogens with one attached hydrogen (secondary N) is 1. The molecule has 0 amide bonds. The summed E-state index contributed by atoms with van der Waals surface area (Å²) in [5, 5.41) is 3.42. The molecule has 94 valence electrons. The summed E-state index contributed by atoms with van der Waals surface area (Å²) in [7, 11) is 2.16. The number of para-hydroxylation sites is 2. The maximum atomic E-state index is 5.98. The van der Waals surface area contributed by atoms with Gasteiger partial charge in [-0.05, 0) is 25.1 Å². The van der Waals surface area contributed by atoms with Gasteiger partial charge in [0.25, 0.3) is 0 Å². The largest absolute Gasteiger partial charge is 0.485 e. The van der Waals surface area contributed by atoms with E-state index in [1.807, 2.05) is 18.2 Å². The van der Waals surface area contributed by atoms with Crippen LogP contribution in [0.15, 0.2) is 24.3 Å². The van der Waals surface area contributed by atoms with Crippen LogP contribution < -0.4 is 10.1 Å². The first-order valence-electron chi connectivity index (χ1n) is 6.33. The van der Waals surface area contributed by atoms with Gasteiger partial charge in [-0.15, -0.1) is 0 Å². The lowest BCUT2D eigenvalue weighted by Crippen LogP contribution is -2.41. The molecule has 0 saturated carbocycles. The maximum Gasteiger partial charge on any atom is 0.142 e. The fourth-order valence-corrected chi connectivity index (χ4v) is 2.31. The predicted molar refractivity (Wildman–Crippen MR) is 71.7 cm³/mol. The Morgan fingerprint density at radius 2 is 2.18 bits per heavy atom. The van der Waals surface area contributed by atoms with Crippen LogP contribution in [0.5, 0.6) is 5.75 Å². The number of hydrogen-bond donors (Lipinski definition) is 1. The van der Waals surface area contributed by atoms with Crippen molar-refractivity contribution < 1.29 is 4.74 Å². The molecule has 1 aromatic rings. The van der Waals surface area contributed by atoms with E-state index in [0.717, 1.165) is 31.1 Å². The number of anilines is 1. The lowest BCUT2D eigenvalue weighted by Gasteiger charge is -2.30. The lowest BCUT2D eigenvalue weighted by molar-refractivity contribution is 0.144. The van der Waals surface area contributed by atoms with Gasteiger partial charge in [0.15, 0.2) is 0 Å². The topological polar surface area (TPSA) is 24.5 Å². The van der Waals surface area contributed by atoms with Gasteiger partial charge in [0.1, 0.15) is 11.9 Å². The van der Waals surface area contributed by atoms with Crippen LogP contribution in [0.2, 0.25) is 0 Å². The van der Waals surface area contributed by atoms with Crippen LogP contribution in [0.1, 0.15) is 13.8 Å². The van der Waals surface area contributed by atoms with Crippen molar-refractivity contribution in [3.63, 3.8) is 0 Å². The molecule has 3 nitrogen and oxygen atoms in total. The summed E-state index contributed by atoms with van der Waals surface area (Å²) < 4.78 is 5.98. The van der Waals surface area contributed by atoms with E-state index in [-0.39, 0.29) is 6.10 Å². The van der Waals surface area contributed by atoms with Gasteiger partial charge in [0.2, 0.25) is 0 Å². The molecule has 0 spiro atoms. The highest BCUT2D eigenvalue weighted by molar-refractivity contribution is 5.57. The molecule has 0 aromatic heterocycles. The number of benzene rings is 1. The SMILES string of the molecule is CC(C)CN(C)CC1CNc2ccccc2O1. The van der Waals surface area contributed by atoms with Gasteiger partial charge in [-0.3, -0.25) is 0 Å². The molecule has 2 rings (SSSR count). The standard InChI is InChI=1S/C14H22N2O/c1-11(2)9-16(3)10-12-8-15-13-6-4-5-7-14(13)17-12/h4-7,11-12,15H,8-10H2,1-3H3. The molecule has 1 atom stereocenters. The van der Waals surface area contributed by atoms with Crippen LogP contribution in [0.3, 0.4) is 0 Å². The smallest absolute Gasteiger partial charge is 0.142 e. The summed E-state index contributed by atoms with van der Waals surface area (Å²) in [6.07, 6.45) is 0.244. The average Bonchev–Trinajstić information content (AvgIpc) is 2.27. The minimum absolute atomic E-state index is 0.244. The molecule has 1 aliphatic heterocycles. The first kappa shape index (κ1) is 12.2. The number of likely N-dealkylation sites (N-methyl/N-ethyl adjacent to an activating group) is 1. The summed E-state index contributed by atoms with van der Waals surface area (Å²) in [5.74, 6) is 1.67. The van der Waals surface area contributed by atoms with Crippen molar-refractivity contribution in [3.8, 4) is 5.75 Å². The van der Waals surface area contributed by atoms with Crippen LogP contribution in [0.25, 0.3) is 0 Å². The molecule has 0 radical (unpaired) electrons. The minimum atomic E-state index is 0.244. The molecule has 3 heteroatoms. The Hall–Kier alpha value is -1.22. The zero-order valence-corrected chi connectivity index (χ0v) is 10.9. The summed E-state index contributed by atoms with van der Waals surface area (Å²) >= 11 is 0. The zero-order chi connectivity index (χ0) is 12.3. The second-order valence-corrected chi connectivity index (χ2v) is 5.23. The summed E-state index contributed by atoms with van der Waals surface area (Å²) in [4.78, 5) is 2.34. The Morgan fingerprint density at radius 3 is 2.94 bits per heavy atom. The molecule has 17 heavy (non-hydrogen) atoms. The Labute approximate surface area is 104 Å². The second-order valence-electron chi connectivity index (χ2n) is 5.23. The number of ether oxygens (including phenoxy) is 1. The fourth-order valence-electron chi connectivity index (χ4n) is 2.31. The normalized spacial score (nSPS) is 18.8. The third-order valence-electron chi connectivity index (χ3n) is 2.89. The van der Waals surface area contributed by atoms with Gasteiger partial charge in [-0.25, -0.2) is 0 Å². The number of hydrogen-bond acceptors (Lipinski definition) is 3.